The summed E-state index contributed by atoms with van der Waals surface area (Å²) >= 11 is 0. The molecule has 1 amide bonds. The average molecular weight is 315 g/mol. The maximum atomic E-state index is 12.7. The summed E-state index contributed by atoms with van der Waals surface area (Å²) in [5.74, 6) is 1.36. The number of H-pyrrole nitrogens is 1. The first-order valence-corrected chi connectivity index (χ1v) is 7.60. The van der Waals surface area contributed by atoms with Crippen molar-refractivity contribution in [3.63, 3.8) is 0 Å². The molecule has 1 heterocycles. The van der Waals surface area contributed by atoms with Gasteiger partial charge in [-0.25, -0.2) is 0 Å². The van der Waals surface area contributed by atoms with Crippen LogP contribution in [0.15, 0.2) is 24.4 Å². The first-order valence-electron chi connectivity index (χ1n) is 7.60. The fourth-order valence-electron chi connectivity index (χ4n) is 2.80. The molecule has 0 radical (unpaired) electrons. The maximum Gasteiger partial charge on any atom is 0.230 e. The van der Waals surface area contributed by atoms with Gasteiger partial charge in [-0.3, -0.25) is 9.89 Å². The van der Waals surface area contributed by atoms with Gasteiger partial charge in [0.1, 0.15) is 0 Å². The number of carbonyl (C=O) groups is 1. The molecule has 1 aromatic heterocycles. The van der Waals surface area contributed by atoms with Gasteiger partial charge in [0, 0.05) is 17.8 Å². The van der Waals surface area contributed by atoms with Gasteiger partial charge in [-0.2, -0.15) is 5.10 Å². The van der Waals surface area contributed by atoms with Crippen LogP contribution in [-0.4, -0.2) is 30.3 Å². The Hall–Kier alpha value is -2.50. The van der Waals surface area contributed by atoms with Crippen molar-refractivity contribution in [3.05, 3.63) is 41.2 Å². The van der Waals surface area contributed by atoms with Crippen LogP contribution in [0, 0.1) is 6.92 Å². The van der Waals surface area contributed by atoms with Crippen LogP contribution >= 0.6 is 0 Å². The summed E-state index contributed by atoms with van der Waals surface area (Å²) < 4.78 is 10.6. The zero-order valence-corrected chi connectivity index (χ0v) is 13.6. The highest BCUT2D eigenvalue weighted by Gasteiger charge is 2.51. The molecule has 0 aliphatic heterocycles. The van der Waals surface area contributed by atoms with Crippen LogP contribution in [0.25, 0.3) is 0 Å². The number of nitrogens with one attached hydrogen (secondary N) is 2. The highest BCUT2D eigenvalue weighted by molar-refractivity contribution is 5.91. The molecular weight excluding hydrogens is 294 g/mol. The molecule has 0 unspecified atom stereocenters. The summed E-state index contributed by atoms with van der Waals surface area (Å²) in [5.41, 5.74) is 2.50. The molecule has 6 nitrogen and oxygen atoms in total. The molecule has 0 bridgehead atoms. The number of rotatable bonds is 6. The van der Waals surface area contributed by atoms with E-state index in [0.29, 0.717) is 18.0 Å². The normalized spacial score (nSPS) is 15.1. The number of amides is 1. The summed E-state index contributed by atoms with van der Waals surface area (Å²) in [6, 6.07) is 5.69. The van der Waals surface area contributed by atoms with Crippen LogP contribution in [0.5, 0.6) is 11.5 Å². The van der Waals surface area contributed by atoms with Gasteiger partial charge in [-0.15, -0.1) is 0 Å². The molecule has 122 valence electrons. The van der Waals surface area contributed by atoms with Gasteiger partial charge >= 0.3 is 0 Å². The number of hydrogen-bond donors (Lipinski definition) is 2. The molecule has 1 aromatic carbocycles. The summed E-state index contributed by atoms with van der Waals surface area (Å²) in [6.45, 7) is 2.42. The maximum absolute atomic E-state index is 12.7. The van der Waals surface area contributed by atoms with Gasteiger partial charge in [-0.1, -0.05) is 6.07 Å². The molecule has 2 aromatic rings. The average Bonchev–Trinajstić information content (AvgIpc) is 3.29. The van der Waals surface area contributed by atoms with E-state index < -0.39 is 5.41 Å². The van der Waals surface area contributed by atoms with E-state index in [9.17, 15) is 4.79 Å². The molecule has 6 heteroatoms. The van der Waals surface area contributed by atoms with E-state index in [1.54, 1.807) is 20.4 Å². The SMILES string of the molecule is COc1ccc(C2(C(=O)NCc3cn[nH]c3C)CC2)cc1OC. The topological polar surface area (TPSA) is 76.2 Å². The highest BCUT2D eigenvalue weighted by atomic mass is 16.5. The Morgan fingerprint density at radius 2 is 2.04 bits per heavy atom. The standard InChI is InChI=1S/C17H21N3O3/c1-11-12(10-19-20-11)9-18-16(21)17(6-7-17)13-4-5-14(22-2)15(8-13)23-3/h4-5,8,10H,6-7,9H2,1-3H3,(H,18,21)(H,19,20). The molecule has 3 rings (SSSR count). The van der Waals surface area contributed by atoms with Gasteiger partial charge < -0.3 is 14.8 Å². The largest absolute Gasteiger partial charge is 0.493 e. The second kappa shape index (κ2) is 5.95. The van der Waals surface area contributed by atoms with E-state index in [2.05, 4.69) is 15.5 Å². The van der Waals surface area contributed by atoms with Crippen molar-refractivity contribution >= 4 is 5.91 Å². The molecule has 1 saturated carbocycles. The minimum Gasteiger partial charge on any atom is -0.493 e. The van der Waals surface area contributed by atoms with Crippen LogP contribution in [-0.2, 0) is 16.8 Å². The van der Waals surface area contributed by atoms with Gasteiger partial charge in [0.15, 0.2) is 11.5 Å². The van der Waals surface area contributed by atoms with Crippen LogP contribution in [0.3, 0.4) is 0 Å². The zero-order valence-electron chi connectivity index (χ0n) is 13.6. The van der Waals surface area contributed by atoms with E-state index in [-0.39, 0.29) is 5.91 Å². The lowest BCUT2D eigenvalue weighted by molar-refractivity contribution is -0.123. The predicted molar refractivity (Wildman–Crippen MR) is 85.6 cm³/mol. The summed E-state index contributed by atoms with van der Waals surface area (Å²) in [5, 5.41) is 9.87. The van der Waals surface area contributed by atoms with Crippen LogP contribution in [0.1, 0.15) is 29.7 Å². The summed E-state index contributed by atoms with van der Waals surface area (Å²) in [4.78, 5) is 12.7. The number of hydrogen-bond acceptors (Lipinski definition) is 4. The lowest BCUT2D eigenvalue weighted by Crippen LogP contribution is -2.34. The quantitative estimate of drug-likeness (QED) is 0.856. The molecule has 0 saturated heterocycles. The molecule has 0 atom stereocenters. The number of aromatic nitrogens is 2. The van der Waals surface area contributed by atoms with Crippen molar-refractivity contribution in [2.45, 2.75) is 31.7 Å². The predicted octanol–water partition coefficient (Wildman–Crippen LogP) is 2.08. The monoisotopic (exact) mass is 315 g/mol. The van der Waals surface area contributed by atoms with E-state index in [1.165, 1.54) is 0 Å². The van der Waals surface area contributed by atoms with Gasteiger partial charge in [-0.05, 0) is 37.5 Å². The van der Waals surface area contributed by atoms with E-state index in [1.807, 2.05) is 25.1 Å². The van der Waals surface area contributed by atoms with Crippen molar-refractivity contribution in [1.29, 1.82) is 0 Å². The first kappa shape index (κ1) is 15.4. The fourth-order valence-corrected chi connectivity index (χ4v) is 2.80. The van der Waals surface area contributed by atoms with Crippen molar-refractivity contribution in [2.24, 2.45) is 0 Å². The lowest BCUT2D eigenvalue weighted by atomic mass is 9.94. The molecule has 23 heavy (non-hydrogen) atoms. The Morgan fingerprint density at radius 3 is 2.61 bits per heavy atom. The zero-order chi connectivity index (χ0) is 16.4. The minimum absolute atomic E-state index is 0.0466. The third-order valence-corrected chi connectivity index (χ3v) is 4.49. The van der Waals surface area contributed by atoms with Crippen molar-refractivity contribution in [2.75, 3.05) is 14.2 Å². The minimum atomic E-state index is -0.447. The Labute approximate surface area is 135 Å². The van der Waals surface area contributed by atoms with E-state index in [4.69, 9.17) is 9.47 Å². The van der Waals surface area contributed by atoms with Crippen LogP contribution in [0.4, 0.5) is 0 Å². The second-order valence-corrected chi connectivity index (χ2v) is 5.85. The Balaban J connectivity index is 1.76. The molecule has 0 spiro atoms. The number of aromatic amines is 1. The number of benzene rings is 1. The van der Waals surface area contributed by atoms with Gasteiger partial charge in [0.2, 0.25) is 5.91 Å². The smallest absolute Gasteiger partial charge is 0.230 e. The third-order valence-electron chi connectivity index (χ3n) is 4.49. The molecule has 1 aliphatic rings. The number of aryl methyl sites for hydroxylation is 1. The molecule has 1 fully saturated rings. The van der Waals surface area contributed by atoms with Gasteiger partial charge in [0.05, 0.1) is 25.8 Å². The number of methoxy groups -OCH3 is 2. The molecular formula is C17H21N3O3. The number of nitrogens with zero attached hydrogens (tertiary/aromatic N) is 1. The Bertz CT molecular complexity index is 720. The molecule has 2 N–H and O–H groups in total. The van der Waals surface area contributed by atoms with Crippen molar-refractivity contribution < 1.29 is 14.3 Å². The Morgan fingerprint density at radius 1 is 1.30 bits per heavy atom. The first-order chi connectivity index (χ1) is 11.1. The second-order valence-electron chi connectivity index (χ2n) is 5.85. The number of carbonyl (C=O) groups excluding carboxylic acids is 1. The molecule has 1 aliphatic carbocycles. The summed E-state index contributed by atoms with van der Waals surface area (Å²) in [7, 11) is 3.20. The Kier molecular flexibility index (Phi) is 3.98. The van der Waals surface area contributed by atoms with E-state index in [0.717, 1.165) is 29.7 Å². The van der Waals surface area contributed by atoms with Crippen molar-refractivity contribution in [3.8, 4) is 11.5 Å². The highest BCUT2D eigenvalue weighted by Crippen LogP contribution is 2.50. The number of ether oxygens (including phenoxy) is 2. The summed E-state index contributed by atoms with van der Waals surface area (Å²) in [6.07, 6.45) is 3.43. The van der Waals surface area contributed by atoms with Gasteiger partial charge in [0.25, 0.3) is 0 Å². The van der Waals surface area contributed by atoms with Crippen molar-refractivity contribution in [1.82, 2.24) is 15.5 Å². The van der Waals surface area contributed by atoms with E-state index >= 15 is 0 Å². The fraction of sp³-hybridized carbons (Fsp3) is 0.412. The third kappa shape index (κ3) is 2.76. The lowest BCUT2D eigenvalue weighted by Gasteiger charge is -2.17. The van der Waals surface area contributed by atoms with Crippen LogP contribution in [0.2, 0.25) is 0 Å². The van der Waals surface area contributed by atoms with Crippen LogP contribution < -0.4 is 14.8 Å².